The van der Waals surface area contributed by atoms with Crippen LogP contribution in [0.2, 0.25) is 0 Å². The second-order valence-electron chi connectivity index (χ2n) is 11.7. The van der Waals surface area contributed by atoms with Crippen molar-refractivity contribution in [1.82, 2.24) is 4.57 Å². The summed E-state index contributed by atoms with van der Waals surface area (Å²) in [5.41, 5.74) is 15.4. The predicted octanol–water partition coefficient (Wildman–Crippen LogP) is 11.3. The molecular formula is C43H29N. The molecule has 1 aliphatic carbocycles. The predicted molar refractivity (Wildman–Crippen MR) is 184 cm³/mol. The lowest BCUT2D eigenvalue weighted by Crippen LogP contribution is -2.05. The first-order valence-corrected chi connectivity index (χ1v) is 15.3. The summed E-state index contributed by atoms with van der Waals surface area (Å²) in [5.74, 6) is 0.111. The molecule has 1 unspecified atom stereocenters. The molecule has 1 aliphatic rings. The Hall–Kier alpha value is -5.66. The Bertz CT molecular complexity index is 2210. The van der Waals surface area contributed by atoms with E-state index in [2.05, 4.69) is 174 Å². The van der Waals surface area contributed by atoms with Gasteiger partial charge in [-0.25, -0.2) is 0 Å². The van der Waals surface area contributed by atoms with Crippen LogP contribution in [0.3, 0.4) is 0 Å². The largest absolute Gasteiger partial charge is 0.309 e. The molecule has 7 aromatic carbocycles. The summed E-state index contributed by atoms with van der Waals surface area (Å²) in [6, 6.07) is 62.1. The molecule has 9 rings (SSSR count). The van der Waals surface area contributed by atoms with E-state index in [0.717, 1.165) is 0 Å². The van der Waals surface area contributed by atoms with Crippen molar-refractivity contribution in [1.29, 1.82) is 0 Å². The Morgan fingerprint density at radius 1 is 0.364 bits per heavy atom. The minimum atomic E-state index is 0.111. The lowest BCUT2D eigenvalue weighted by Gasteiger charge is -2.23. The molecule has 1 aromatic heterocycles. The highest BCUT2D eigenvalue weighted by atomic mass is 15.0. The van der Waals surface area contributed by atoms with Gasteiger partial charge < -0.3 is 4.57 Å². The quantitative estimate of drug-likeness (QED) is 0.202. The van der Waals surface area contributed by atoms with Crippen molar-refractivity contribution in [2.75, 3.05) is 0 Å². The van der Waals surface area contributed by atoms with Crippen LogP contribution in [0.1, 0.15) is 22.6 Å². The first-order valence-electron chi connectivity index (χ1n) is 15.3. The molecule has 1 heterocycles. The number of hydrogen-bond acceptors (Lipinski definition) is 0. The minimum absolute atomic E-state index is 0.111. The van der Waals surface area contributed by atoms with E-state index < -0.39 is 0 Å². The van der Waals surface area contributed by atoms with Gasteiger partial charge in [0.15, 0.2) is 0 Å². The van der Waals surface area contributed by atoms with E-state index in [0.29, 0.717) is 0 Å². The number of aromatic nitrogens is 1. The summed E-state index contributed by atoms with van der Waals surface area (Å²) in [7, 11) is 0. The highest BCUT2D eigenvalue weighted by Gasteiger charge is 2.33. The van der Waals surface area contributed by atoms with Gasteiger partial charge >= 0.3 is 0 Å². The van der Waals surface area contributed by atoms with Crippen molar-refractivity contribution >= 4 is 21.8 Å². The average molecular weight is 560 g/mol. The summed E-state index contributed by atoms with van der Waals surface area (Å²) in [6.07, 6.45) is 0. The van der Waals surface area contributed by atoms with Crippen LogP contribution in [0.4, 0.5) is 0 Å². The fourth-order valence-electron chi connectivity index (χ4n) is 7.46. The molecule has 0 radical (unpaired) electrons. The summed E-state index contributed by atoms with van der Waals surface area (Å²) in [4.78, 5) is 0. The van der Waals surface area contributed by atoms with Crippen LogP contribution in [-0.4, -0.2) is 4.57 Å². The lowest BCUT2D eigenvalue weighted by molar-refractivity contribution is 1.02. The summed E-state index contributed by atoms with van der Waals surface area (Å²) in [5, 5.41) is 2.57. The van der Waals surface area contributed by atoms with Gasteiger partial charge in [0.25, 0.3) is 0 Å². The molecule has 0 saturated carbocycles. The van der Waals surface area contributed by atoms with E-state index in [1.54, 1.807) is 0 Å². The van der Waals surface area contributed by atoms with Gasteiger partial charge in [0, 0.05) is 22.4 Å². The monoisotopic (exact) mass is 559 g/mol. The van der Waals surface area contributed by atoms with Crippen molar-refractivity contribution in [3.05, 3.63) is 187 Å². The first kappa shape index (κ1) is 24.9. The third-order valence-corrected chi connectivity index (χ3v) is 9.31. The van der Waals surface area contributed by atoms with Gasteiger partial charge in [-0.1, -0.05) is 146 Å². The number of fused-ring (bicyclic) bond motifs is 6. The van der Waals surface area contributed by atoms with E-state index in [-0.39, 0.29) is 5.92 Å². The fraction of sp³-hybridized carbons (Fsp3) is 0.0233. The number of benzene rings is 7. The van der Waals surface area contributed by atoms with E-state index >= 15 is 0 Å². The standard InChI is InChI=1S/C43H29N/c1-3-14-29(15-4-1)32-22-13-23-33(30-16-5-2-6-17-30)42(32)43-37-21-8-7-18-34(37)39-28-31(26-27-38(39)43)44-40-24-11-9-19-35(40)36-20-10-12-25-41(36)44/h1-28,43H. The van der Waals surface area contributed by atoms with E-state index in [9.17, 15) is 0 Å². The summed E-state index contributed by atoms with van der Waals surface area (Å²) >= 11 is 0. The maximum atomic E-state index is 2.42. The van der Waals surface area contributed by atoms with Crippen LogP contribution in [-0.2, 0) is 0 Å². The maximum Gasteiger partial charge on any atom is 0.0541 e. The topological polar surface area (TPSA) is 4.93 Å². The Morgan fingerprint density at radius 3 is 1.50 bits per heavy atom. The second kappa shape index (κ2) is 9.97. The molecule has 0 amide bonds. The molecular weight excluding hydrogens is 530 g/mol. The molecule has 0 bridgehead atoms. The number of rotatable bonds is 4. The van der Waals surface area contributed by atoms with Crippen LogP contribution < -0.4 is 0 Å². The van der Waals surface area contributed by atoms with Gasteiger partial charge in [0.2, 0.25) is 0 Å². The van der Waals surface area contributed by atoms with Crippen molar-refractivity contribution in [2.45, 2.75) is 5.92 Å². The van der Waals surface area contributed by atoms with Crippen molar-refractivity contribution in [3.63, 3.8) is 0 Å². The fourth-order valence-corrected chi connectivity index (χ4v) is 7.46. The first-order chi connectivity index (χ1) is 21.9. The van der Waals surface area contributed by atoms with Crippen LogP contribution in [0, 0.1) is 0 Å². The van der Waals surface area contributed by atoms with Gasteiger partial charge in [0.05, 0.1) is 11.0 Å². The number of nitrogens with zero attached hydrogens (tertiary/aromatic N) is 1. The molecule has 0 N–H and O–H groups in total. The smallest absolute Gasteiger partial charge is 0.0541 e. The van der Waals surface area contributed by atoms with Gasteiger partial charge in [-0.3, -0.25) is 0 Å². The van der Waals surface area contributed by atoms with Crippen LogP contribution in [0.25, 0.3) is 60.9 Å². The maximum absolute atomic E-state index is 2.42. The molecule has 44 heavy (non-hydrogen) atoms. The van der Waals surface area contributed by atoms with Crippen LogP contribution >= 0.6 is 0 Å². The summed E-state index contributed by atoms with van der Waals surface area (Å²) < 4.78 is 2.42. The SMILES string of the molecule is c1ccc(-c2cccc(-c3ccccc3)c2C2c3ccccc3-c3cc(-n4c5ccccc5c5ccccc54)ccc32)cc1. The molecule has 1 nitrogen and oxygen atoms in total. The van der Waals surface area contributed by atoms with Crippen molar-refractivity contribution in [2.24, 2.45) is 0 Å². The molecule has 206 valence electrons. The molecule has 1 atom stereocenters. The molecule has 0 spiro atoms. The zero-order valence-electron chi connectivity index (χ0n) is 24.2. The highest BCUT2D eigenvalue weighted by Crippen LogP contribution is 2.53. The van der Waals surface area contributed by atoms with E-state index in [1.165, 1.54) is 77.6 Å². The minimum Gasteiger partial charge on any atom is -0.309 e. The number of hydrogen-bond donors (Lipinski definition) is 0. The number of para-hydroxylation sites is 2. The molecule has 0 aliphatic heterocycles. The third kappa shape index (κ3) is 3.73. The Morgan fingerprint density at radius 2 is 0.864 bits per heavy atom. The Labute approximate surface area is 257 Å². The van der Waals surface area contributed by atoms with E-state index in [1.807, 2.05) is 0 Å². The Kier molecular flexibility index (Phi) is 5.64. The third-order valence-electron chi connectivity index (χ3n) is 9.31. The Balaban J connectivity index is 1.32. The van der Waals surface area contributed by atoms with Gasteiger partial charge in [-0.05, 0) is 74.3 Å². The van der Waals surface area contributed by atoms with Crippen LogP contribution in [0.15, 0.2) is 170 Å². The molecule has 0 fully saturated rings. The highest BCUT2D eigenvalue weighted by molar-refractivity contribution is 6.09. The van der Waals surface area contributed by atoms with Gasteiger partial charge in [-0.15, -0.1) is 0 Å². The molecule has 8 aromatic rings. The zero-order chi connectivity index (χ0) is 29.0. The van der Waals surface area contributed by atoms with E-state index in [4.69, 9.17) is 0 Å². The van der Waals surface area contributed by atoms with Crippen LogP contribution in [0.5, 0.6) is 0 Å². The zero-order valence-corrected chi connectivity index (χ0v) is 24.2. The normalized spacial score (nSPS) is 13.7. The lowest BCUT2D eigenvalue weighted by atomic mass is 9.80. The van der Waals surface area contributed by atoms with Gasteiger partial charge in [-0.2, -0.15) is 0 Å². The molecule has 0 saturated heterocycles. The van der Waals surface area contributed by atoms with Crippen molar-refractivity contribution in [3.8, 4) is 39.1 Å². The molecule has 1 heteroatoms. The summed E-state index contributed by atoms with van der Waals surface area (Å²) in [6.45, 7) is 0. The average Bonchev–Trinajstić information content (AvgIpc) is 3.61. The second-order valence-corrected chi connectivity index (χ2v) is 11.7. The van der Waals surface area contributed by atoms with Crippen molar-refractivity contribution < 1.29 is 0 Å². The van der Waals surface area contributed by atoms with Gasteiger partial charge in [0.1, 0.15) is 0 Å².